The van der Waals surface area contributed by atoms with Crippen LogP contribution in [0.25, 0.3) is 0 Å². The second kappa shape index (κ2) is 9.58. The van der Waals surface area contributed by atoms with E-state index in [1.54, 1.807) is 0 Å². The monoisotopic (exact) mass is 388 g/mol. The zero-order chi connectivity index (χ0) is 20.9. The van der Waals surface area contributed by atoms with Crippen molar-refractivity contribution >= 4 is 11.9 Å². The van der Waals surface area contributed by atoms with Gasteiger partial charge in [0.25, 0.3) is 0 Å². The van der Waals surface area contributed by atoms with E-state index in [0.29, 0.717) is 0 Å². The number of fused-ring (bicyclic) bond motifs is 9. The molecule has 4 heteroatoms. The van der Waals surface area contributed by atoms with Crippen molar-refractivity contribution in [1.29, 1.82) is 0 Å². The van der Waals surface area contributed by atoms with Crippen LogP contribution in [0.5, 0.6) is 0 Å². The maximum absolute atomic E-state index is 11.9. The van der Waals surface area contributed by atoms with Gasteiger partial charge in [0, 0.05) is 25.2 Å². The largest absolute Gasteiger partial charge is 0.458 e. The zero-order valence-corrected chi connectivity index (χ0v) is 18.2. The first-order chi connectivity index (χ1) is 13.1. The molecule has 2 bridgehead atoms. The summed E-state index contributed by atoms with van der Waals surface area (Å²) in [6.07, 6.45) is 10.1. The fourth-order valence-corrected chi connectivity index (χ4v) is 4.69. The summed E-state index contributed by atoms with van der Waals surface area (Å²) >= 11 is 0. The highest BCUT2D eigenvalue weighted by atomic mass is 16.6. The van der Waals surface area contributed by atoms with Gasteiger partial charge in [0.05, 0.1) is 0 Å². The first kappa shape index (κ1) is 22.4. The minimum absolute atomic E-state index is 0.00453. The summed E-state index contributed by atoms with van der Waals surface area (Å²) in [7, 11) is 0. The summed E-state index contributed by atoms with van der Waals surface area (Å²) in [5.41, 5.74) is 3.53. The van der Waals surface area contributed by atoms with E-state index in [2.05, 4.69) is 39.5 Å². The molecule has 3 aliphatic carbocycles. The molecule has 0 aromatic carbocycles. The summed E-state index contributed by atoms with van der Waals surface area (Å²) < 4.78 is 11.6. The van der Waals surface area contributed by atoms with E-state index in [-0.39, 0.29) is 23.3 Å². The van der Waals surface area contributed by atoms with Gasteiger partial charge >= 0.3 is 11.9 Å². The molecule has 3 rings (SSSR count). The summed E-state index contributed by atoms with van der Waals surface area (Å²) in [6, 6.07) is 0. The molecule has 0 spiro atoms. The number of allylic oxidation sites excluding steroid dienone is 4. The first-order valence-corrected chi connectivity index (χ1v) is 10.5. The molecule has 28 heavy (non-hydrogen) atoms. The predicted molar refractivity (Wildman–Crippen MR) is 112 cm³/mol. The lowest BCUT2D eigenvalue weighted by Crippen LogP contribution is -2.54. The highest BCUT2D eigenvalue weighted by Gasteiger charge is 2.51. The van der Waals surface area contributed by atoms with E-state index in [0.717, 1.165) is 50.5 Å². The van der Waals surface area contributed by atoms with Gasteiger partial charge in [0.1, 0.15) is 12.2 Å². The molecular formula is C24H36O4. The standard InChI is InChI=1S/C24H36O4/c1-16-9-7-10-17(2)12-13-21-18(3)15-24(6,14-8-11-16)23(28-20(5)26)22(21)27-19(4)25/h10-11,21-23H,3,7-9,12-15H2,1-2,4-6H3/b16-11-,17-10-/t21-,22+,23-,24-/m0/s1. The van der Waals surface area contributed by atoms with Crippen LogP contribution in [-0.4, -0.2) is 24.1 Å². The fraction of sp³-hybridized carbons (Fsp3) is 0.667. The molecular weight excluding hydrogens is 352 g/mol. The number of carbonyl (C=O) groups is 2. The number of hydrogen-bond acceptors (Lipinski definition) is 4. The lowest BCUT2D eigenvalue weighted by Gasteiger charge is -2.49. The number of rotatable bonds is 2. The Morgan fingerprint density at radius 1 is 1.04 bits per heavy atom. The molecule has 1 fully saturated rings. The Labute approximate surface area is 170 Å². The van der Waals surface area contributed by atoms with Crippen LogP contribution in [0.4, 0.5) is 0 Å². The van der Waals surface area contributed by atoms with Crippen LogP contribution in [0.3, 0.4) is 0 Å². The van der Waals surface area contributed by atoms with E-state index >= 15 is 0 Å². The molecule has 4 nitrogen and oxygen atoms in total. The van der Waals surface area contributed by atoms with Crippen molar-refractivity contribution in [1.82, 2.24) is 0 Å². The Hall–Kier alpha value is -1.84. The molecule has 0 N–H and O–H groups in total. The molecule has 0 aliphatic heterocycles. The third-order valence-electron chi connectivity index (χ3n) is 6.22. The van der Waals surface area contributed by atoms with Crippen molar-refractivity contribution < 1.29 is 19.1 Å². The Morgan fingerprint density at radius 3 is 2.29 bits per heavy atom. The smallest absolute Gasteiger partial charge is 0.303 e. The normalized spacial score (nSPS) is 35.8. The van der Waals surface area contributed by atoms with Gasteiger partial charge in [-0.15, -0.1) is 0 Å². The molecule has 3 aliphatic rings. The molecule has 0 saturated heterocycles. The van der Waals surface area contributed by atoms with Crippen molar-refractivity contribution in [3.8, 4) is 0 Å². The second-order valence-electron chi connectivity index (χ2n) is 8.92. The SMILES string of the molecule is C=C1C[C@]2(C)CC/C=C(/C)CC/C=C(/C)CC[C@@H]1[C@@H](OC(C)=O)[C@@H]2OC(C)=O. The van der Waals surface area contributed by atoms with Crippen LogP contribution in [0.15, 0.2) is 35.5 Å². The highest BCUT2D eigenvalue weighted by molar-refractivity contribution is 5.67. The average molecular weight is 389 g/mol. The minimum atomic E-state index is -0.478. The minimum Gasteiger partial charge on any atom is -0.458 e. The van der Waals surface area contributed by atoms with Crippen molar-refractivity contribution in [2.75, 3.05) is 0 Å². The van der Waals surface area contributed by atoms with E-state index in [1.165, 1.54) is 25.0 Å². The van der Waals surface area contributed by atoms with E-state index < -0.39 is 12.2 Å². The van der Waals surface area contributed by atoms with E-state index in [4.69, 9.17) is 9.47 Å². The fourth-order valence-electron chi connectivity index (χ4n) is 4.69. The molecule has 156 valence electrons. The molecule has 0 heterocycles. The molecule has 0 aromatic heterocycles. The molecule has 0 unspecified atom stereocenters. The van der Waals surface area contributed by atoms with Gasteiger partial charge in [-0.1, -0.05) is 42.4 Å². The summed E-state index contributed by atoms with van der Waals surface area (Å²) in [5.74, 6) is -0.665. The zero-order valence-electron chi connectivity index (χ0n) is 18.2. The molecule has 4 atom stereocenters. The third-order valence-corrected chi connectivity index (χ3v) is 6.22. The molecule has 0 aromatic rings. The lowest BCUT2D eigenvalue weighted by molar-refractivity contribution is -0.187. The number of hydrogen-bond donors (Lipinski definition) is 0. The third kappa shape index (κ3) is 5.83. The number of carbonyl (C=O) groups excluding carboxylic acids is 2. The van der Waals surface area contributed by atoms with Crippen molar-refractivity contribution in [3.05, 3.63) is 35.5 Å². The topological polar surface area (TPSA) is 52.6 Å². The van der Waals surface area contributed by atoms with Gasteiger partial charge in [-0.3, -0.25) is 9.59 Å². The van der Waals surface area contributed by atoms with Crippen LogP contribution in [0.1, 0.15) is 79.6 Å². The summed E-state index contributed by atoms with van der Waals surface area (Å²) in [4.78, 5) is 23.8. The maximum atomic E-state index is 11.9. The Morgan fingerprint density at radius 2 is 1.64 bits per heavy atom. The quantitative estimate of drug-likeness (QED) is 0.451. The van der Waals surface area contributed by atoms with Gasteiger partial charge in [-0.25, -0.2) is 0 Å². The van der Waals surface area contributed by atoms with Crippen LogP contribution >= 0.6 is 0 Å². The van der Waals surface area contributed by atoms with Crippen molar-refractivity contribution in [2.24, 2.45) is 11.3 Å². The highest BCUT2D eigenvalue weighted by Crippen LogP contribution is 2.49. The average Bonchev–Trinajstić information content (AvgIpc) is 2.56. The molecule has 0 amide bonds. The Balaban J connectivity index is 2.46. The molecule has 0 radical (unpaired) electrons. The van der Waals surface area contributed by atoms with Crippen molar-refractivity contribution in [2.45, 2.75) is 91.8 Å². The molecule has 1 saturated carbocycles. The van der Waals surface area contributed by atoms with Gasteiger partial charge in [-0.2, -0.15) is 0 Å². The van der Waals surface area contributed by atoms with Gasteiger partial charge in [0.15, 0.2) is 0 Å². The van der Waals surface area contributed by atoms with Gasteiger partial charge < -0.3 is 9.47 Å². The van der Waals surface area contributed by atoms with Gasteiger partial charge in [-0.05, 0) is 58.8 Å². The number of esters is 2. The van der Waals surface area contributed by atoms with E-state index in [1.807, 2.05) is 0 Å². The van der Waals surface area contributed by atoms with Crippen LogP contribution in [0, 0.1) is 11.3 Å². The number of ether oxygens (including phenoxy) is 2. The van der Waals surface area contributed by atoms with Crippen molar-refractivity contribution in [3.63, 3.8) is 0 Å². The maximum Gasteiger partial charge on any atom is 0.303 e. The van der Waals surface area contributed by atoms with Crippen LogP contribution in [0.2, 0.25) is 0 Å². The predicted octanol–water partition coefficient (Wildman–Crippen LogP) is 5.68. The Kier molecular flexibility index (Phi) is 7.68. The van der Waals surface area contributed by atoms with E-state index in [9.17, 15) is 9.59 Å². The van der Waals surface area contributed by atoms with Crippen LogP contribution in [-0.2, 0) is 19.1 Å². The lowest BCUT2D eigenvalue weighted by atomic mass is 9.62. The Bertz CT molecular complexity index is 672. The van der Waals surface area contributed by atoms with Crippen LogP contribution < -0.4 is 0 Å². The van der Waals surface area contributed by atoms with Gasteiger partial charge in [0.2, 0.25) is 0 Å². The summed E-state index contributed by atoms with van der Waals surface area (Å²) in [6.45, 7) is 13.7. The second-order valence-corrected chi connectivity index (χ2v) is 8.92. The summed E-state index contributed by atoms with van der Waals surface area (Å²) in [5, 5.41) is 0. The first-order valence-electron chi connectivity index (χ1n) is 10.5.